The largest absolute Gasteiger partial charge is 0.464 e. The Morgan fingerprint density at radius 3 is 2.24 bits per heavy atom. The van der Waals surface area contributed by atoms with Crippen molar-refractivity contribution in [1.82, 2.24) is 4.57 Å². The van der Waals surface area contributed by atoms with Crippen LogP contribution in [0.3, 0.4) is 0 Å². The number of rotatable bonds is 4. The molecule has 5 rings (SSSR count). The van der Waals surface area contributed by atoms with Gasteiger partial charge in [0.05, 0.1) is 28.8 Å². The molecule has 3 aromatic carbocycles. The maximum absolute atomic E-state index is 9.07. The Kier molecular flexibility index (Phi) is 5.28. The van der Waals surface area contributed by atoms with E-state index < -0.39 is 0 Å². The van der Waals surface area contributed by atoms with Gasteiger partial charge in [0.2, 0.25) is 0 Å². The number of nitrogens with zero attached hydrogens (tertiary/aromatic N) is 2. The third-order valence-corrected chi connectivity index (χ3v) is 6.20. The summed E-state index contributed by atoms with van der Waals surface area (Å²) in [7, 11) is 0. The first-order valence-corrected chi connectivity index (χ1v) is 11.2. The molecule has 2 heterocycles. The van der Waals surface area contributed by atoms with E-state index in [0.717, 1.165) is 49.6 Å². The lowest BCUT2D eigenvalue weighted by atomic mass is 10.0. The van der Waals surface area contributed by atoms with E-state index in [1.165, 1.54) is 10.8 Å². The Morgan fingerprint density at radius 1 is 0.971 bits per heavy atom. The van der Waals surface area contributed by atoms with Gasteiger partial charge in [-0.3, -0.25) is 0 Å². The minimum Gasteiger partial charge on any atom is -0.464 e. The second-order valence-electron chi connectivity index (χ2n) is 8.46. The molecule has 0 unspecified atom stereocenters. The molecule has 0 aliphatic heterocycles. The van der Waals surface area contributed by atoms with Crippen molar-refractivity contribution in [2.24, 2.45) is 0 Å². The van der Waals surface area contributed by atoms with Crippen molar-refractivity contribution in [3.63, 3.8) is 0 Å². The molecule has 0 aliphatic rings. The summed E-state index contributed by atoms with van der Waals surface area (Å²) in [6.07, 6.45) is 7.51. The zero-order valence-electron chi connectivity index (χ0n) is 19.3. The summed E-state index contributed by atoms with van der Waals surface area (Å²) in [5, 5.41) is 13.5. The Labute approximate surface area is 198 Å². The second-order valence-corrected chi connectivity index (χ2v) is 8.46. The van der Waals surface area contributed by atoms with Gasteiger partial charge in [-0.15, -0.1) is 0 Å². The van der Waals surface area contributed by atoms with Gasteiger partial charge in [-0.1, -0.05) is 55.1 Å². The van der Waals surface area contributed by atoms with Crippen molar-refractivity contribution in [2.45, 2.75) is 13.8 Å². The number of fused-ring (bicyclic) bond motifs is 2. The van der Waals surface area contributed by atoms with Crippen LogP contribution in [0, 0.1) is 11.3 Å². The molecular weight excluding hydrogens is 416 g/mol. The van der Waals surface area contributed by atoms with Crippen molar-refractivity contribution < 1.29 is 4.42 Å². The molecule has 164 valence electrons. The van der Waals surface area contributed by atoms with E-state index in [1.807, 2.05) is 42.5 Å². The molecule has 0 saturated heterocycles. The molecule has 34 heavy (non-hydrogen) atoms. The third kappa shape index (κ3) is 3.29. The lowest BCUT2D eigenvalue weighted by molar-refractivity contribution is 0.615. The van der Waals surface area contributed by atoms with Crippen LogP contribution in [0.15, 0.2) is 90.6 Å². The fraction of sp³-hybridized carbons (Fsp3) is 0.0645. The highest BCUT2D eigenvalue weighted by Gasteiger charge is 2.17. The van der Waals surface area contributed by atoms with Crippen LogP contribution in [0.1, 0.15) is 25.0 Å². The van der Waals surface area contributed by atoms with Crippen LogP contribution < -0.4 is 10.6 Å². The van der Waals surface area contributed by atoms with Crippen molar-refractivity contribution in [3.8, 4) is 22.9 Å². The minimum absolute atomic E-state index is 0.658. The highest BCUT2D eigenvalue weighted by Crippen LogP contribution is 2.30. The van der Waals surface area contributed by atoms with Crippen molar-refractivity contribution in [3.05, 3.63) is 108 Å². The van der Waals surface area contributed by atoms with Crippen LogP contribution >= 0.6 is 0 Å². The Bertz CT molecular complexity index is 1730. The number of hydrogen-bond donors (Lipinski definition) is 0. The first-order chi connectivity index (χ1) is 16.6. The third-order valence-electron chi connectivity index (χ3n) is 6.20. The Morgan fingerprint density at radius 2 is 1.65 bits per heavy atom. The fourth-order valence-electron chi connectivity index (χ4n) is 4.72. The van der Waals surface area contributed by atoms with Crippen LogP contribution in [0.25, 0.3) is 56.4 Å². The summed E-state index contributed by atoms with van der Waals surface area (Å²) in [5.41, 5.74) is 8.05. The van der Waals surface area contributed by atoms with Gasteiger partial charge in [-0.2, -0.15) is 5.26 Å². The Balaban J connectivity index is 1.83. The average Bonchev–Trinajstić information content (AvgIpc) is 3.45. The summed E-state index contributed by atoms with van der Waals surface area (Å²) < 4.78 is 8.12. The van der Waals surface area contributed by atoms with E-state index in [1.54, 1.807) is 6.26 Å². The molecule has 0 amide bonds. The smallest absolute Gasteiger partial charge is 0.141 e. The molecule has 0 bridgehead atoms. The molecule has 0 spiro atoms. The normalized spacial score (nSPS) is 11.6. The maximum Gasteiger partial charge on any atom is 0.141 e. The van der Waals surface area contributed by atoms with E-state index in [-0.39, 0.29) is 0 Å². The molecule has 3 heteroatoms. The van der Waals surface area contributed by atoms with Gasteiger partial charge in [-0.25, -0.2) is 0 Å². The SMILES string of the molecule is C=C/C=c1\c(=C(C)C)c2c(C=C)c3occc3cc2n1-c1ccc(-c2ccc(C#N)cc2)cc1. The van der Waals surface area contributed by atoms with Gasteiger partial charge >= 0.3 is 0 Å². The van der Waals surface area contributed by atoms with Gasteiger partial charge in [0.1, 0.15) is 5.58 Å². The van der Waals surface area contributed by atoms with Crippen molar-refractivity contribution in [1.29, 1.82) is 5.26 Å². The minimum atomic E-state index is 0.658. The molecule has 0 fully saturated rings. The number of allylic oxidation sites excluding steroid dienone is 1. The van der Waals surface area contributed by atoms with Crippen LogP contribution in [-0.2, 0) is 0 Å². The number of furan rings is 1. The molecule has 0 saturated carbocycles. The zero-order chi connectivity index (χ0) is 23.8. The quantitative estimate of drug-likeness (QED) is 0.311. The van der Waals surface area contributed by atoms with Gasteiger partial charge in [0.15, 0.2) is 0 Å². The predicted molar refractivity (Wildman–Crippen MR) is 142 cm³/mol. The van der Waals surface area contributed by atoms with Gasteiger partial charge in [-0.05, 0) is 67.4 Å². The van der Waals surface area contributed by atoms with E-state index in [0.29, 0.717) is 5.56 Å². The predicted octanol–water partition coefficient (Wildman–Crippen LogP) is 6.72. The molecule has 2 aromatic heterocycles. The molecule has 0 N–H and O–H groups in total. The van der Waals surface area contributed by atoms with E-state index in [2.05, 4.69) is 74.0 Å². The molecule has 0 radical (unpaired) electrons. The van der Waals surface area contributed by atoms with Crippen molar-refractivity contribution in [2.75, 3.05) is 0 Å². The van der Waals surface area contributed by atoms with Crippen LogP contribution in [0.5, 0.6) is 0 Å². The Hall–Kier alpha value is -4.55. The fourth-order valence-corrected chi connectivity index (χ4v) is 4.72. The lowest BCUT2D eigenvalue weighted by Gasteiger charge is -2.09. The van der Waals surface area contributed by atoms with Gasteiger partial charge < -0.3 is 8.98 Å². The monoisotopic (exact) mass is 440 g/mol. The molecule has 3 nitrogen and oxygen atoms in total. The van der Waals surface area contributed by atoms with Crippen molar-refractivity contribution >= 4 is 39.6 Å². The summed E-state index contributed by atoms with van der Waals surface area (Å²) >= 11 is 0. The topological polar surface area (TPSA) is 41.9 Å². The number of hydrogen-bond acceptors (Lipinski definition) is 2. The van der Waals surface area contributed by atoms with E-state index in [4.69, 9.17) is 9.68 Å². The highest BCUT2D eigenvalue weighted by atomic mass is 16.3. The molecule has 0 atom stereocenters. The lowest BCUT2D eigenvalue weighted by Crippen LogP contribution is -2.29. The molecule has 5 aromatic rings. The first-order valence-electron chi connectivity index (χ1n) is 11.2. The number of benzene rings is 3. The first kappa shape index (κ1) is 21.3. The van der Waals surface area contributed by atoms with E-state index >= 15 is 0 Å². The second kappa shape index (κ2) is 8.42. The maximum atomic E-state index is 9.07. The summed E-state index contributed by atoms with van der Waals surface area (Å²) in [6, 6.07) is 22.5. The standard InChI is InChI=1S/C31H24N2O/c1-5-7-27-29(20(3)4)30-26(6-2)31-24(16-17-34-31)18-28(30)33(27)25-14-12-23(13-15-25)22-10-8-21(19-32)9-11-22/h5-18H,1-2H2,3-4H3/b27-7+. The van der Waals surface area contributed by atoms with Gasteiger partial charge in [0.25, 0.3) is 0 Å². The summed E-state index contributed by atoms with van der Waals surface area (Å²) in [4.78, 5) is 0. The zero-order valence-corrected chi connectivity index (χ0v) is 19.3. The van der Waals surface area contributed by atoms with Crippen LogP contribution in [0.2, 0.25) is 0 Å². The average molecular weight is 441 g/mol. The highest BCUT2D eigenvalue weighted by molar-refractivity contribution is 6.05. The summed E-state index contributed by atoms with van der Waals surface area (Å²) in [6.45, 7) is 12.3. The summed E-state index contributed by atoms with van der Waals surface area (Å²) in [5.74, 6) is 0. The van der Waals surface area contributed by atoms with Crippen LogP contribution in [-0.4, -0.2) is 4.57 Å². The number of nitriles is 1. The molecule has 0 aliphatic carbocycles. The molecular formula is C31H24N2O. The van der Waals surface area contributed by atoms with E-state index in [9.17, 15) is 0 Å². The number of aromatic nitrogens is 1. The van der Waals surface area contributed by atoms with Gasteiger partial charge in [0, 0.05) is 27.2 Å². The van der Waals surface area contributed by atoms with Crippen LogP contribution in [0.4, 0.5) is 0 Å².